The van der Waals surface area contributed by atoms with Crippen molar-refractivity contribution >= 4 is 17.3 Å². The monoisotopic (exact) mass is 268 g/mol. The third-order valence-corrected chi connectivity index (χ3v) is 3.46. The molecule has 1 amide bonds. The number of carbonyl (C=O) groups excluding carboxylic acids is 1. The van der Waals surface area contributed by atoms with Crippen LogP contribution in [0.15, 0.2) is 54.6 Å². The molecule has 4 heteroatoms. The van der Waals surface area contributed by atoms with E-state index in [0.29, 0.717) is 18.8 Å². The first-order valence-corrected chi connectivity index (χ1v) is 6.63. The number of hydrogen-bond acceptors (Lipinski definition) is 3. The highest BCUT2D eigenvalue weighted by molar-refractivity contribution is 6.02. The van der Waals surface area contributed by atoms with E-state index < -0.39 is 0 Å². The van der Waals surface area contributed by atoms with Crippen LogP contribution in [0.25, 0.3) is 0 Å². The van der Waals surface area contributed by atoms with E-state index in [9.17, 15) is 4.79 Å². The molecular formula is C16H16N2O2. The second-order valence-corrected chi connectivity index (χ2v) is 4.71. The van der Waals surface area contributed by atoms with Crippen LogP contribution >= 0.6 is 0 Å². The van der Waals surface area contributed by atoms with Gasteiger partial charge in [-0.2, -0.15) is 0 Å². The van der Waals surface area contributed by atoms with Crippen molar-refractivity contribution in [3.63, 3.8) is 0 Å². The number of β-amino-alcohol motifs (C(OH)–C–C–N with tert-alkyl or cyclic N) is 1. The van der Waals surface area contributed by atoms with Gasteiger partial charge in [0, 0.05) is 12.2 Å². The van der Waals surface area contributed by atoms with Crippen molar-refractivity contribution in [2.75, 3.05) is 24.7 Å². The van der Waals surface area contributed by atoms with E-state index in [4.69, 9.17) is 5.11 Å². The summed E-state index contributed by atoms with van der Waals surface area (Å²) in [5.74, 6) is -0.0261. The minimum atomic E-state index is -0.0312. The maximum absolute atomic E-state index is 12.4. The molecule has 0 radical (unpaired) electrons. The van der Waals surface area contributed by atoms with Crippen LogP contribution in [0.3, 0.4) is 0 Å². The fourth-order valence-corrected chi connectivity index (χ4v) is 2.49. The standard InChI is InChI=1S/C16H16N2O2/c19-11-10-17-12-18(13-6-2-1-3-7-13)15-9-5-4-8-14(15)16(17)20/h1-9,19H,10-12H2. The van der Waals surface area contributed by atoms with Gasteiger partial charge in [-0.25, -0.2) is 0 Å². The minimum Gasteiger partial charge on any atom is -0.395 e. The first kappa shape index (κ1) is 12.7. The molecule has 0 unspecified atom stereocenters. The van der Waals surface area contributed by atoms with Gasteiger partial charge in [-0.05, 0) is 24.3 Å². The molecular weight excluding hydrogens is 252 g/mol. The molecule has 1 heterocycles. The number of aliphatic hydroxyl groups is 1. The highest BCUT2D eigenvalue weighted by atomic mass is 16.3. The normalized spacial score (nSPS) is 14.3. The maximum atomic E-state index is 12.4. The first-order chi connectivity index (χ1) is 9.81. The van der Waals surface area contributed by atoms with Crippen molar-refractivity contribution in [1.82, 2.24) is 4.90 Å². The number of hydrogen-bond donors (Lipinski definition) is 1. The van der Waals surface area contributed by atoms with E-state index in [1.54, 1.807) is 4.90 Å². The molecule has 0 aliphatic carbocycles. The molecule has 1 aliphatic rings. The number of rotatable bonds is 3. The highest BCUT2D eigenvalue weighted by Crippen LogP contribution is 2.32. The first-order valence-electron chi connectivity index (χ1n) is 6.63. The van der Waals surface area contributed by atoms with Crippen molar-refractivity contribution in [2.45, 2.75) is 0 Å². The van der Waals surface area contributed by atoms with Crippen LogP contribution in [0.2, 0.25) is 0 Å². The van der Waals surface area contributed by atoms with Gasteiger partial charge in [-0.3, -0.25) is 4.79 Å². The Morgan fingerprint density at radius 3 is 2.45 bits per heavy atom. The molecule has 0 spiro atoms. The van der Waals surface area contributed by atoms with E-state index >= 15 is 0 Å². The molecule has 2 aromatic rings. The van der Waals surface area contributed by atoms with Crippen molar-refractivity contribution < 1.29 is 9.90 Å². The SMILES string of the molecule is O=C1c2ccccc2N(c2ccccc2)CN1CCO. The van der Waals surface area contributed by atoms with Gasteiger partial charge in [0.25, 0.3) is 5.91 Å². The number of para-hydroxylation sites is 2. The van der Waals surface area contributed by atoms with Gasteiger partial charge in [-0.1, -0.05) is 30.3 Å². The van der Waals surface area contributed by atoms with Crippen LogP contribution in [0, 0.1) is 0 Å². The Morgan fingerprint density at radius 2 is 1.70 bits per heavy atom. The Hall–Kier alpha value is -2.33. The number of benzene rings is 2. The van der Waals surface area contributed by atoms with E-state index in [1.807, 2.05) is 54.6 Å². The summed E-state index contributed by atoms with van der Waals surface area (Å²) in [6.45, 7) is 0.771. The lowest BCUT2D eigenvalue weighted by Gasteiger charge is -2.37. The van der Waals surface area contributed by atoms with Gasteiger partial charge in [0.15, 0.2) is 0 Å². The minimum absolute atomic E-state index is 0.0261. The van der Waals surface area contributed by atoms with E-state index in [0.717, 1.165) is 11.4 Å². The van der Waals surface area contributed by atoms with Gasteiger partial charge in [0.1, 0.15) is 0 Å². The van der Waals surface area contributed by atoms with Gasteiger partial charge in [-0.15, -0.1) is 0 Å². The van der Waals surface area contributed by atoms with Crippen LogP contribution in [0.4, 0.5) is 11.4 Å². The summed E-state index contributed by atoms with van der Waals surface area (Å²) < 4.78 is 0. The average molecular weight is 268 g/mol. The lowest BCUT2D eigenvalue weighted by Crippen LogP contribution is -2.45. The lowest BCUT2D eigenvalue weighted by atomic mass is 10.1. The topological polar surface area (TPSA) is 43.8 Å². The molecule has 3 rings (SSSR count). The smallest absolute Gasteiger partial charge is 0.257 e. The summed E-state index contributed by atoms with van der Waals surface area (Å²) in [6, 6.07) is 17.5. The second kappa shape index (κ2) is 5.35. The third-order valence-electron chi connectivity index (χ3n) is 3.46. The zero-order chi connectivity index (χ0) is 13.9. The van der Waals surface area contributed by atoms with E-state index in [1.165, 1.54) is 0 Å². The Bertz CT molecular complexity index is 613. The number of fused-ring (bicyclic) bond motifs is 1. The number of nitrogens with zero attached hydrogens (tertiary/aromatic N) is 2. The summed E-state index contributed by atoms with van der Waals surface area (Å²) in [7, 11) is 0. The largest absolute Gasteiger partial charge is 0.395 e. The fraction of sp³-hybridized carbons (Fsp3) is 0.188. The average Bonchev–Trinajstić information content (AvgIpc) is 2.51. The molecule has 0 saturated heterocycles. The summed E-state index contributed by atoms with van der Waals surface area (Å²) >= 11 is 0. The zero-order valence-corrected chi connectivity index (χ0v) is 11.1. The van der Waals surface area contributed by atoms with Gasteiger partial charge < -0.3 is 14.9 Å². The Kier molecular flexibility index (Phi) is 3.39. The number of anilines is 2. The molecule has 2 aromatic carbocycles. The molecule has 1 aliphatic heterocycles. The van der Waals surface area contributed by atoms with Crippen LogP contribution in [-0.2, 0) is 0 Å². The highest BCUT2D eigenvalue weighted by Gasteiger charge is 2.29. The van der Waals surface area contributed by atoms with E-state index in [2.05, 4.69) is 4.90 Å². The van der Waals surface area contributed by atoms with Gasteiger partial charge in [0.2, 0.25) is 0 Å². The number of carbonyl (C=O) groups is 1. The Morgan fingerprint density at radius 1 is 1.00 bits per heavy atom. The predicted octanol–water partition coefficient (Wildman–Crippen LogP) is 2.23. The van der Waals surface area contributed by atoms with Gasteiger partial charge >= 0.3 is 0 Å². The van der Waals surface area contributed by atoms with Crippen LogP contribution in [0.5, 0.6) is 0 Å². The molecule has 0 atom stereocenters. The van der Waals surface area contributed by atoms with Crippen LogP contribution < -0.4 is 4.90 Å². The lowest BCUT2D eigenvalue weighted by molar-refractivity contribution is 0.0713. The number of amides is 1. The van der Waals surface area contributed by atoms with Gasteiger partial charge in [0.05, 0.1) is 24.5 Å². The number of aliphatic hydroxyl groups excluding tert-OH is 1. The fourth-order valence-electron chi connectivity index (χ4n) is 2.49. The summed E-state index contributed by atoms with van der Waals surface area (Å²) in [5, 5.41) is 9.13. The summed E-state index contributed by atoms with van der Waals surface area (Å²) in [4.78, 5) is 16.1. The maximum Gasteiger partial charge on any atom is 0.257 e. The molecule has 0 bridgehead atoms. The second-order valence-electron chi connectivity index (χ2n) is 4.71. The molecule has 4 nitrogen and oxygen atoms in total. The van der Waals surface area contributed by atoms with Crippen LogP contribution in [0.1, 0.15) is 10.4 Å². The molecule has 0 fully saturated rings. The van der Waals surface area contributed by atoms with Crippen molar-refractivity contribution in [1.29, 1.82) is 0 Å². The molecule has 0 saturated carbocycles. The molecule has 102 valence electrons. The van der Waals surface area contributed by atoms with E-state index in [-0.39, 0.29) is 12.5 Å². The molecule has 20 heavy (non-hydrogen) atoms. The zero-order valence-electron chi connectivity index (χ0n) is 11.1. The Labute approximate surface area is 117 Å². The quantitative estimate of drug-likeness (QED) is 0.928. The molecule has 1 N–H and O–H groups in total. The third kappa shape index (κ3) is 2.14. The van der Waals surface area contributed by atoms with Crippen molar-refractivity contribution in [3.05, 3.63) is 60.2 Å². The Balaban J connectivity index is 2.06. The van der Waals surface area contributed by atoms with Crippen LogP contribution in [-0.4, -0.2) is 35.7 Å². The predicted molar refractivity (Wildman–Crippen MR) is 78.0 cm³/mol. The molecule has 0 aromatic heterocycles. The summed E-state index contributed by atoms with van der Waals surface area (Å²) in [5.41, 5.74) is 2.63. The van der Waals surface area contributed by atoms with Crippen molar-refractivity contribution in [2.24, 2.45) is 0 Å². The van der Waals surface area contributed by atoms with Crippen molar-refractivity contribution in [3.8, 4) is 0 Å². The summed E-state index contributed by atoms with van der Waals surface area (Å²) in [6.07, 6.45) is 0.